The van der Waals surface area contributed by atoms with Gasteiger partial charge in [0.05, 0.1) is 0 Å². The molecular formula is C20H23ClO. The number of fused-ring (bicyclic) bond motifs is 1. The van der Waals surface area contributed by atoms with Gasteiger partial charge in [-0.15, -0.1) is 0 Å². The number of carbonyl (C=O) groups is 1. The normalized spacial score (nSPS) is 11.3. The molecule has 2 aromatic carbocycles. The molecule has 0 unspecified atom stereocenters. The largest absolute Gasteiger partial charge is 0.281 e. The minimum atomic E-state index is -0.210. The lowest BCUT2D eigenvalue weighted by atomic mass is 10.0. The van der Waals surface area contributed by atoms with Crippen LogP contribution in [0.1, 0.15) is 50.5 Å². The van der Waals surface area contributed by atoms with E-state index in [0.717, 1.165) is 19.3 Å². The Labute approximate surface area is 138 Å². The van der Waals surface area contributed by atoms with Crippen LogP contribution in [-0.4, -0.2) is 5.24 Å². The van der Waals surface area contributed by atoms with Gasteiger partial charge in [0, 0.05) is 6.42 Å². The average Bonchev–Trinajstić information content (AvgIpc) is 2.53. The maximum Gasteiger partial charge on any atom is 0.221 e. The van der Waals surface area contributed by atoms with Gasteiger partial charge in [0.25, 0.3) is 0 Å². The molecule has 0 saturated heterocycles. The van der Waals surface area contributed by atoms with Crippen LogP contribution >= 0.6 is 11.6 Å². The molecule has 0 aliphatic rings. The smallest absolute Gasteiger partial charge is 0.221 e. The van der Waals surface area contributed by atoms with Crippen LogP contribution in [0.15, 0.2) is 48.5 Å². The zero-order chi connectivity index (χ0) is 15.6. The molecule has 1 nitrogen and oxygen atoms in total. The summed E-state index contributed by atoms with van der Waals surface area (Å²) in [4.78, 5) is 10.6. The van der Waals surface area contributed by atoms with E-state index in [4.69, 9.17) is 11.6 Å². The number of hydrogen-bond donors (Lipinski definition) is 0. The van der Waals surface area contributed by atoms with Gasteiger partial charge in [-0.1, -0.05) is 73.9 Å². The van der Waals surface area contributed by atoms with E-state index in [1.165, 1.54) is 35.6 Å². The van der Waals surface area contributed by atoms with Crippen molar-refractivity contribution in [2.45, 2.75) is 44.9 Å². The summed E-state index contributed by atoms with van der Waals surface area (Å²) >= 11 is 5.31. The highest BCUT2D eigenvalue weighted by atomic mass is 35.5. The van der Waals surface area contributed by atoms with Gasteiger partial charge in [-0.3, -0.25) is 4.79 Å². The number of halogens is 1. The van der Waals surface area contributed by atoms with Crippen LogP contribution in [0.3, 0.4) is 0 Å². The summed E-state index contributed by atoms with van der Waals surface area (Å²) in [5, 5.41) is 2.39. The van der Waals surface area contributed by atoms with Crippen LogP contribution in [0.4, 0.5) is 0 Å². The molecule has 116 valence electrons. The molecule has 2 aromatic rings. The Hall–Kier alpha value is -1.60. The van der Waals surface area contributed by atoms with Crippen molar-refractivity contribution >= 4 is 33.7 Å². The fourth-order valence-electron chi connectivity index (χ4n) is 2.66. The molecule has 0 fully saturated rings. The van der Waals surface area contributed by atoms with E-state index in [2.05, 4.69) is 54.6 Å². The van der Waals surface area contributed by atoms with Gasteiger partial charge in [0.15, 0.2) is 0 Å². The summed E-state index contributed by atoms with van der Waals surface area (Å²) < 4.78 is 0. The summed E-state index contributed by atoms with van der Waals surface area (Å²) in [6.45, 7) is 0. The second-order valence-electron chi connectivity index (χ2n) is 5.63. The van der Waals surface area contributed by atoms with Crippen LogP contribution in [0.5, 0.6) is 0 Å². The minimum absolute atomic E-state index is 0.210. The molecule has 0 saturated carbocycles. The number of allylic oxidation sites excluding steroid dienone is 1. The number of unbranched alkanes of at least 4 members (excludes halogenated alkanes) is 5. The highest BCUT2D eigenvalue weighted by molar-refractivity contribution is 6.63. The monoisotopic (exact) mass is 314 g/mol. The van der Waals surface area contributed by atoms with Gasteiger partial charge < -0.3 is 0 Å². The second kappa shape index (κ2) is 9.42. The molecule has 0 N–H and O–H groups in total. The summed E-state index contributed by atoms with van der Waals surface area (Å²) in [5.74, 6) is 0. The molecule has 0 aliphatic carbocycles. The van der Waals surface area contributed by atoms with E-state index in [-0.39, 0.29) is 5.24 Å². The first-order valence-electron chi connectivity index (χ1n) is 8.10. The maximum absolute atomic E-state index is 10.6. The van der Waals surface area contributed by atoms with E-state index >= 15 is 0 Å². The van der Waals surface area contributed by atoms with Crippen molar-refractivity contribution in [1.82, 2.24) is 0 Å². The summed E-state index contributed by atoms with van der Waals surface area (Å²) in [5.41, 5.74) is 1.29. The van der Waals surface area contributed by atoms with Crippen molar-refractivity contribution in [2.24, 2.45) is 0 Å². The Morgan fingerprint density at radius 1 is 0.909 bits per heavy atom. The second-order valence-corrected chi connectivity index (χ2v) is 6.05. The molecule has 0 spiro atoms. The highest BCUT2D eigenvalue weighted by Crippen LogP contribution is 2.20. The molecular weight excluding hydrogens is 292 g/mol. The van der Waals surface area contributed by atoms with E-state index < -0.39 is 0 Å². The summed E-state index contributed by atoms with van der Waals surface area (Å²) in [7, 11) is 0. The Bertz CT molecular complexity index is 625. The molecule has 22 heavy (non-hydrogen) atoms. The molecule has 2 heteroatoms. The SMILES string of the molecule is O=C(Cl)CCCCCCC/C=C/c1cccc2ccccc12. The molecule has 0 bridgehead atoms. The van der Waals surface area contributed by atoms with Gasteiger partial charge in [0.1, 0.15) is 0 Å². The van der Waals surface area contributed by atoms with E-state index in [1.54, 1.807) is 0 Å². The number of hydrogen-bond acceptors (Lipinski definition) is 1. The van der Waals surface area contributed by atoms with Crippen molar-refractivity contribution < 1.29 is 4.79 Å². The standard InChI is InChI=1S/C20H23ClO/c21-20(22)16-7-5-3-1-2-4-6-11-17-13-10-14-18-12-8-9-15-19(17)18/h6,8-15H,1-5,7,16H2/b11-6+. The fraction of sp³-hybridized carbons (Fsp3) is 0.350. The zero-order valence-corrected chi connectivity index (χ0v) is 13.7. The molecule has 0 radical (unpaired) electrons. The molecule has 0 aliphatic heterocycles. The van der Waals surface area contributed by atoms with Crippen molar-refractivity contribution in [3.05, 3.63) is 54.1 Å². The van der Waals surface area contributed by atoms with Crippen LogP contribution in [0.25, 0.3) is 16.8 Å². The average molecular weight is 315 g/mol. The quantitative estimate of drug-likeness (QED) is 0.389. The minimum Gasteiger partial charge on any atom is -0.281 e. The Kier molecular flexibility index (Phi) is 7.18. The number of benzene rings is 2. The summed E-state index contributed by atoms with van der Waals surface area (Å²) in [6.07, 6.45) is 11.8. The number of rotatable bonds is 9. The first-order valence-corrected chi connectivity index (χ1v) is 8.48. The van der Waals surface area contributed by atoms with Crippen molar-refractivity contribution in [2.75, 3.05) is 0 Å². The van der Waals surface area contributed by atoms with Gasteiger partial charge in [-0.2, -0.15) is 0 Å². The molecule has 0 aromatic heterocycles. The van der Waals surface area contributed by atoms with Crippen LogP contribution in [-0.2, 0) is 4.79 Å². The summed E-state index contributed by atoms with van der Waals surface area (Å²) in [6, 6.07) is 14.9. The Morgan fingerprint density at radius 3 is 2.50 bits per heavy atom. The third-order valence-corrected chi connectivity index (χ3v) is 4.05. The van der Waals surface area contributed by atoms with Gasteiger partial charge >= 0.3 is 0 Å². The van der Waals surface area contributed by atoms with Gasteiger partial charge in [-0.05, 0) is 47.2 Å². The lowest BCUT2D eigenvalue weighted by molar-refractivity contribution is -0.111. The predicted molar refractivity (Wildman–Crippen MR) is 96.2 cm³/mol. The third-order valence-electron chi connectivity index (χ3n) is 3.86. The van der Waals surface area contributed by atoms with Crippen LogP contribution < -0.4 is 0 Å². The molecule has 0 amide bonds. The molecule has 0 heterocycles. The van der Waals surface area contributed by atoms with Gasteiger partial charge in [0.2, 0.25) is 5.24 Å². The van der Waals surface area contributed by atoms with Crippen LogP contribution in [0, 0.1) is 0 Å². The lowest BCUT2D eigenvalue weighted by Gasteiger charge is -2.02. The first-order chi connectivity index (χ1) is 10.8. The lowest BCUT2D eigenvalue weighted by Crippen LogP contribution is -1.86. The molecule has 0 atom stereocenters. The molecule has 2 rings (SSSR count). The predicted octanol–water partition coefficient (Wildman–Crippen LogP) is 6.35. The zero-order valence-electron chi connectivity index (χ0n) is 12.9. The Morgan fingerprint density at radius 2 is 1.64 bits per heavy atom. The maximum atomic E-state index is 10.6. The van der Waals surface area contributed by atoms with Crippen molar-refractivity contribution in [3.63, 3.8) is 0 Å². The van der Waals surface area contributed by atoms with E-state index in [9.17, 15) is 4.79 Å². The number of carbonyl (C=O) groups excluding carboxylic acids is 1. The first kappa shape index (κ1) is 16.8. The van der Waals surface area contributed by atoms with Crippen molar-refractivity contribution in [3.8, 4) is 0 Å². The van der Waals surface area contributed by atoms with Crippen molar-refractivity contribution in [1.29, 1.82) is 0 Å². The van der Waals surface area contributed by atoms with Gasteiger partial charge in [-0.25, -0.2) is 0 Å². The highest BCUT2D eigenvalue weighted by Gasteiger charge is 1.97. The Balaban J connectivity index is 1.70. The third kappa shape index (κ3) is 5.65. The van der Waals surface area contributed by atoms with Crippen LogP contribution in [0.2, 0.25) is 0 Å². The fourth-order valence-corrected chi connectivity index (χ4v) is 2.80. The van der Waals surface area contributed by atoms with E-state index in [0.29, 0.717) is 6.42 Å². The topological polar surface area (TPSA) is 17.1 Å². The van der Waals surface area contributed by atoms with E-state index in [1.807, 2.05) is 0 Å².